The zero-order valence-corrected chi connectivity index (χ0v) is 9.79. The summed E-state index contributed by atoms with van der Waals surface area (Å²) in [5.74, 6) is 8.19. The van der Waals surface area contributed by atoms with E-state index < -0.39 is 24.1 Å². The van der Waals surface area contributed by atoms with Crippen LogP contribution in [0, 0.1) is 23.7 Å². The van der Waals surface area contributed by atoms with Crippen molar-refractivity contribution < 1.29 is 19.1 Å². The van der Waals surface area contributed by atoms with Crippen LogP contribution in [0.5, 0.6) is 0 Å². The van der Waals surface area contributed by atoms with Crippen molar-refractivity contribution in [3.05, 3.63) is 0 Å². The molecule has 16 heavy (non-hydrogen) atoms. The van der Waals surface area contributed by atoms with Crippen LogP contribution in [0.25, 0.3) is 0 Å². The van der Waals surface area contributed by atoms with E-state index in [1.807, 2.05) is 0 Å². The molecule has 86 valence electrons. The lowest BCUT2D eigenvalue weighted by atomic mass is 10.4. The number of carbonyl (C=O) groups is 2. The zero-order valence-electron chi connectivity index (χ0n) is 9.79. The van der Waals surface area contributed by atoms with Gasteiger partial charge in [0, 0.05) is 0 Å². The Morgan fingerprint density at radius 3 is 1.44 bits per heavy atom. The van der Waals surface area contributed by atoms with Crippen LogP contribution in [0.4, 0.5) is 0 Å². The molecule has 0 aromatic carbocycles. The van der Waals surface area contributed by atoms with Gasteiger partial charge in [-0.05, 0) is 27.7 Å². The maximum absolute atomic E-state index is 11.2. The molecule has 0 fully saturated rings. The Bertz CT molecular complexity index is 337. The Balaban J connectivity index is 4.21. The van der Waals surface area contributed by atoms with Crippen LogP contribution in [0.15, 0.2) is 0 Å². The van der Waals surface area contributed by atoms with Gasteiger partial charge in [0.1, 0.15) is 0 Å². The lowest BCUT2D eigenvalue weighted by Gasteiger charge is -2.08. The first-order valence-electron chi connectivity index (χ1n) is 4.77. The van der Waals surface area contributed by atoms with E-state index in [0.29, 0.717) is 0 Å². The Labute approximate surface area is 95.3 Å². The first-order chi connectivity index (χ1) is 7.51. The normalized spacial score (nSPS) is 12.0. The van der Waals surface area contributed by atoms with Gasteiger partial charge in [-0.25, -0.2) is 9.59 Å². The summed E-state index contributed by atoms with van der Waals surface area (Å²) in [5.41, 5.74) is 0. The largest absolute Gasteiger partial charge is 0.441 e. The number of rotatable bonds is 2. The fourth-order valence-electron chi connectivity index (χ4n) is 0.883. The molecule has 0 radical (unpaired) electrons. The Kier molecular flexibility index (Phi) is 6.47. The summed E-state index contributed by atoms with van der Waals surface area (Å²) in [6, 6.07) is 0. The summed E-state index contributed by atoms with van der Waals surface area (Å²) in [5, 5.41) is 0. The minimum absolute atomic E-state index is 0.627. The molecule has 0 heterocycles. The molecule has 0 saturated carbocycles. The molecule has 2 unspecified atom stereocenters. The predicted octanol–water partition coefficient (Wildman–Crippen LogP) is 0.896. The molecule has 4 heteroatoms. The van der Waals surface area contributed by atoms with Gasteiger partial charge in [-0.2, -0.15) is 0 Å². The van der Waals surface area contributed by atoms with Crippen molar-refractivity contribution in [2.24, 2.45) is 0 Å². The fraction of sp³-hybridized carbons (Fsp3) is 0.500. The summed E-state index contributed by atoms with van der Waals surface area (Å²) in [6.45, 7) is 6.36. The van der Waals surface area contributed by atoms with Crippen LogP contribution >= 0.6 is 0 Å². The topological polar surface area (TPSA) is 52.6 Å². The standard InChI is InChI=1S/C12H14O4/c1-5-7-9(3)15-11(13)12(14)16-10(4)8-6-2/h9-10H,1-4H3. The summed E-state index contributed by atoms with van der Waals surface area (Å²) >= 11 is 0. The van der Waals surface area contributed by atoms with E-state index in [1.54, 1.807) is 27.7 Å². The highest BCUT2D eigenvalue weighted by Gasteiger charge is 2.21. The lowest BCUT2D eigenvalue weighted by molar-refractivity contribution is -0.170. The van der Waals surface area contributed by atoms with Gasteiger partial charge in [-0.15, -0.1) is 11.8 Å². The van der Waals surface area contributed by atoms with E-state index in [2.05, 4.69) is 23.7 Å². The first kappa shape index (κ1) is 14.1. The van der Waals surface area contributed by atoms with Gasteiger partial charge in [0.15, 0.2) is 12.2 Å². The molecular weight excluding hydrogens is 208 g/mol. The molecule has 0 amide bonds. The van der Waals surface area contributed by atoms with Crippen molar-refractivity contribution in [3.63, 3.8) is 0 Å². The number of carbonyl (C=O) groups excluding carboxylic acids is 2. The Morgan fingerprint density at radius 1 is 0.875 bits per heavy atom. The average Bonchev–Trinajstić information content (AvgIpc) is 2.17. The van der Waals surface area contributed by atoms with Crippen molar-refractivity contribution in [2.45, 2.75) is 39.9 Å². The minimum Gasteiger partial charge on any atom is -0.441 e. The molecule has 0 spiro atoms. The Hall–Kier alpha value is -1.94. The molecule has 4 nitrogen and oxygen atoms in total. The molecule has 0 aliphatic heterocycles. The third kappa shape index (κ3) is 5.72. The van der Waals surface area contributed by atoms with Gasteiger partial charge in [-0.1, -0.05) is 11.8 Å². The molecule has 0 rings (SSSR count). The maximum Gasteiger partial charge on any atom is 0.418 e. The van der Waals surface area contributed by atoms with Crippen molar-refractivity contribution in [1.82, 2.24) is 0 Å². The SMILES string of the molecule is CC#CC(C)OC(=O)C(=O)OC(C)C#CC. The minimum atomic E-state index is -1.06. The highest BCUT2D eigenvalue weighted by atomic mass is 16.6. The third-order valence-electron chi connectivity index (χ3n) is 1.43. The van der Waals surface area contributed by atoms with E-state index in [4.69, 9.17) is 9.47 Å². The number of hydrogen-bond donors (Lipinski definition) is 0. The fourth-order valence-corrected chi connectivity index (χ4v) is 0.883. The summed E-state index contributed by atoms with van der Waals surface area (Å²) in [7, 11) is 0. The van der Waals surface area contributed by atoms with Crippen molar-refractivity contribution >= 4 is 11.9 Å². The molecular formula is C12H14O4. The lowest BCUT2D eigenvalue weighted by Crippen LogP contribution is -2.26. The van der Waals surface area contributed by atoms with Crippen molar-refractivity contribution in [2.75, 3.05) is 0 Å². The second-order valence-corrected chi connectivity index (χ2v) is 2.88. The van der Waals surface area contributed by atoms with E-state index in [-0.39, 0.29) is 0 Å². The first-order valence-corrected chi connectivity index (χ1v) is 4.77. The van der Waals surface area contributed by atoms with Gasteiger partial charge < -0.3 is 9.47 Å². The highest BCUT2D eigenvalue weighted by Crippen LogP contribution is 1.95. The average molecular weight is 222 g/mol. The van der Waals surface area contributed by atoms with Gasteiger partial charge in [0.25, 0.3) is 0 Å². The third-order valence-corrected chi connectivity index (χ3v) is 1.43. The van der Waals surface area contributed by atoms with E-state index in [1.165, 1.54) is 0 Å². The quantitative estimate of drug-likeness (QED) is 0.395. The molecule has 0 aliphatic rings. The zero-order chi connectivity index (χ0) is 12.6. The second kappa shape index (κ2) is 7.36. The monoisotopic (exact) mass is 222 g/mol. The van der Waals surface area contributed by atoms with Crippen LogP contribution in [-0.4, -0.2) is 24.1 Å². The van der Waals surface area contributed by atoms with Crippen LogP contribution in [0.1, 0.15) is 27.7 Å². The van der Waals surface area contributed by atoms with Crippen LogP contribution in [-0.2, 0) is 19.1 Å². The van der Waals surface area contributed by atoms with Crippen LogP contribution < -0.4 is 0 Å². The molecule has 0 bridgehead atoms. The van der Waals surface area contributed by atoms with E-state index in [9.17, 15) is 9.59 Å². The maximum atomic E-state index is 11.2. The molecule has 0 N–H and O–H groups in total. The van der Waals surface area contributed by atoms with E-state index >= 15 is 0 Å². The number of hydrogen-bond acceptors (Lipinski definition) is 4. The second-order valence-electron chi connectivity index (χ2n) is 2.88. The summed E-state index contributed by atoms with van der Waals surface area (Å²) < 4.78 is 9.39. The Morgan fingerprint density at radius 2 is 1.19 bits per heavy atom. The summed E-state index contributed by atoms with van der Waals surface area (Å²) in [6.07, 6.45) is -1.25. The van der Waals surface area contributed by atoms with Crippen molar-refractivity contribution in [1.29, 1.82) is 0 Å². The number of ether oxygens (including phenoxy) is 2. The number of esters is 2. The molecule has 0 aromatic heterocycles. The molecule has 2 atom stereocenters. The highest BCUT2D eigenvalue weighted by molar-refractivity contribution is 6.29. The van der Waals surface area contributed by atoms with E-state index in [0.717, 1.165) is 0 Å². The smallest absolute Gasteiger partial charge is 0.418 e. The predicted molar refractivity (Wildman–Crippen MR) is 58.0 cm³/mol. The van der Waals surface area contributed by atoms with Gasteiger partial charge >= 0.3 is 11.9 Å². The van der Waals surface area contributed by atoms with Crippen molar-refractivity contribution in [3.8, 4) is 23.7 Å². The van der Waals surface area contributed by atoms with Gasteiger partial charge in [-0.3, -0.25) is 0 Å². The van der Waals surface area contributed by atoms with Gasteiger partial charge in [0.05, 0.1) is 0 Å². The van der Waals surface area contributed by atoms with Gasteiger partial charge in [0.2, 0.25) is 0 Å². The molecule has 0 saturated heterocycles. The van der Waals surface area contributed by atoms with Crippen LogP contribution in [0.3, 0.4) is 0 Å². The summed E-state index contributed by atoms with van der Waals surface area (Å²) in [4.78, 5) is 22.3. The van der Waals surface area contributed by atoms with Crippen LogP contribution in [0.2, 0.25) is 0 Å². The molecule has 0 aromatic rings. The molecule has 0 aliphatic carbocycles.